The van der Waals surface area contributed by atoms with Crippen molar-refractivity contribution < 1.29 is 19.1 Å². The third-order valence-corrected chi connectivity index (χ3v) is 4.00. The lowest BCUT2D eigenvalue weighted by Crippen LogP contribution is -2.58. The van der Waals surface area contributed by atoms with E-state index in [-0.39, 0.29) is 23.9 Å². The van der Waals surface area contributed by atoms with E-state index in [2.05, 4.69) is 15.0 Å². The van der Waals surface area contributed by atoms with Crippen LogP contribution in [0.1, 0.15) is 16.9 Å². The van der Waals surface area contributed by atoms with Crippen molar-refractivity contribution in [2.45, 2.75) is 12.5 Å². The van der Waals surface area contributed by atoms with E-state index in [1.165, 1.54) is 12.0 Å². The number of aromatic nitrogens is 1. The summed E-state index contributed by atoms with van der Waals surface area (Å²) in [5.41, 5.74) is 0.951. The van der Waals surface area contributed by atoms with Crippen molar-refractivity contribution in [2.24, 2.45) is 0 Å². The minimum atomic E-state index is -0.882. The normalized spacial score (nSPS) is 17.5. The lowest BCUT2D eigenvalue weighted by Gasteiger charge is -2.34. The molecule has 0 aliphatic carbocycles. The lowest BCUT2D eigenvalue weighted by molar-refractivity contribution is -0.145. The molecule has 1 atom stereocenters. The second kappa shape index (κ2) is 6.66. The molecule has 0 saturated carbocycles. The Kier molecular flexibility index (Phi) is 4.41. The minimum absolute atomic E-state index is 0.179. The number of amides is 2. The third-order valence-electron chi connectivity index (χ3n) is 4.00. The van der Waals surface area contributed by atoms with Crippen LogP contribution in [0, 0.1) is 0 Å². The number of nitrogens with one attached hydrogen (secondary N) is 1. The monoisotopic (exact) mass is 327 g/mol. The zero-order valence-corrected chi connectivity index (χ0v) is 13.2. The first-order valence-electron chi connectivity index (χ1n) is 7.61. The van der Waals surface area contributed by atoms with Gasteiger partial charge in [-0.3, -0.25) is 14.4 Å². The molecular weight excluding hydrogens is 310 g/mol. The molecule has 7 heteroatoms. The summed E-state index contributed by atoms with van der Waals surface area (Å²) < 4.78 is 4.62. The summed E-state index contributed by atoms with van der Waals surface area (Å²) in [4.78, 5) is 42.2. The molecule has 0 unspecified atom stereocenters. The summed E-state index contributed by atoms with van der Waals surface area (Å²) >= 11 is 0. The number of rotatable bonds is 3. The maximum atomic E-state index is 12.8. The fraction of sp³-hybridized carbons (Fsp3) is 0.294. The molecule has 24 heavy (non-hydrogen) atoms. The molecule has 1 aromatic carbocycles. The van der Waals surface area contributed by atoms with Gasteiger partial charge in [0.05, 0.1) is 19.0 Å². The molecule has 1 aliphatic rings. The lowest BCUT2D eigenvalue weighted by atomic mass is 10.1. The average Bonchev–Trinajstić information content (AvgIpc) is 2.62. The Morgan fingerprint density at radius 2 is 2.08 bits per heavy atom. The Labute approximate surface area is 138 Å². The highest BCUT2D eigenvalue weighted by Crippen LogP contribution is 2.17. The number of pyridine rings is 1. The summed E-state index contributed by atoms with van der Waals surface area (Å²) in [5.74, 6) is -1.27. The minimum Gasteiger partial charge on any atom is -0.469 e. The van der Waals surface area contributed by atoms with Crippen molar-refractivity contribution in [2.75, 3.05) is 20.2 Å². The molecule has 1 aliphatic heterocycles. The predicted octanol–water partition coefficient (Wildman–Crippen LogP) is 0.739. The fourth-order valence-electron chi connectivity index (χ4n) is 2.73. The number of para-hydroxylation sites is 1. The van der Waals surface area contributed by atoms with Crippen molar-refractivity contribution in [3.8, 4) is 0 Å². The van der Waals surface area contributed by atoms with Crippen LogP contribution in [0.3, 0.4) is 0 Å². The number of methoxy groups -OCH3 is 1. The van der Waals surface area contributed by atoms with Gasteiger partial charge < -0.3 is 15.0 Å². The standard InChI is InChI=1S/C17H17N3O4/c1-24-15(21)10-14-16(22)18-8-9-20(14)17(23)13-7-6-11-4-2-3-5-12(11)19-13/h2-7,14H,8-10H2,1H3,(H,18,22)/t14-/m1/s1. The predicted molar refractivity (Wildman–Crippen MR) is 86.2 cm³/mol. The second-order valence-corrected chi connectivity index (χ2v) is 5.47. The van der Waals surface area contributed by atoms with Gasteiger partial charge in [-0.1, -0.05) is 24.3 Å². The molecule has 1 saturated heterocycles. The first kappa shape index (κ1) is 15.9. The highest BCUT2D eigenvalue weighted by molar-refractivity contribution is 5.99. The molecule has 124 valence electrons. The molecule has 1 N–H and O–H groups in total. The van der Waals surface area contributed by atoms with Gasteiger partial charge in [0, 0.05) is 18.5 Å². The first-order valence-corrected chi connectivity index (χ1v) is 7.61. The van der Waals surface area contributed by atoms with E-state index in [0.717, 1.165) is 5.39 Å². The SMILES string of the molecule is COC(=O)C[C@@H]1C(=O)NCCN1C(=O)c1ccc2ccccc2n1. The van der Waals surface area contributed by atoms with Crippen LogP contribution in [0.2, 0.25) is 0 Å². The highest BCUT2D eigenvalue weighted by Gasteiger charge is 2.35. The van der Waals surface area contributed by atoms with E-state index in [1.54, 1.807) is 6.07 Å². The number of piperazine rings is 1. The van der Waals surface area contributed by atoms with Crippen LogP contribution in [-0.4, -0.2) is 53.9 Å². The van der Waals surface area contributed by atoms with Crippen molar-refractivity contribution in [3.63, 3.8) is 0 Å². The van der Waals surface area contributed by atoms with Crippen molar-refractivity contribution in [3.05, 3.63) is 42.1 Å². The Bertz CT molecular complexity index is 805. The van der Waals surface area contributed by atoms with Crippen LogP contribution in [0.4, 0.5) is 0 Å². The van der Waals surface area contributed by atoms with Crippen molar-refractivity contribution >= 4 is 28.7 Å². The van der Waals surface area contributed by atoms with Gasteiger partial charge in [0.1, 0.15) is 11.7 Å². The van der Waals surface area contributed by atoms with Gasteiger partial charge in [-0.2, -0.15) is 0 Å². The summed E-state index contributed by atoms with van der Waals surface area (Å²) in [6.07, 6.45) is -0.179. The molecule has 0 radical (unpaired) electrons. The van der Waals surface area contributed by atoms with Gasteiger partial charge in [0.15, 0.2) is 0 Å². The number of fused-ring (bicyclic) bond motifs is 1. The zero-order chi connectivity index (χ0) is 17.1. The molecule has 7 nitrogen and oxygen atoms in total. The van der Waals surface area contributed by atoms with Crippen LogP contribution >= 0.6 is 0 Å². The number of nitrogens with zero attached hydrogens (tertiary/aromatic N) is 2. The molecule has 2 amide bonds. The van der Waals surface area contributed by atoms with Crippen LogP contribution in [0.15, 0.2) is 36.4 Å². The molecule has 0 spiro atoms. The van der Waals surface area contributed by atoms with Gasteiger partial charge in [-0.15, -0.1) is 0 Å². The zero-order valence-electron chi connectivity index (χ0n) is 13.2. The van der Waals surface area contributed by atoms with Crippen molar-refractivity contribution in [1.82, 2.24) is 15.2 Å². The van der Waals surface area contributed by atoms with Gasteiger partial charge in [0.25, 0.3) is 5.91 Å². The van der Waals surface area contributed by atoms with Gasteiger partial charge in [0.2, 0.25) is 5.91 Å². The van der Waals surface area contributed by atoms with Crippen LogP contribution in [0.25, 0.3) is 10.9 Å². The highest BCUT2D eigenvalue weighted by atomic mass is 16.5. The number of carbonyl (C=O) groups is 3. The fourth-order valence-corrected chi connectivity index (χ4v) is 2.73. The summed E-state index contributed by atoms with van der Waals surface area (Å²) in [7, 11) is 1.25. The molecule has 2 aromatic rings. The van der Waals surface area contributed by atoms with Gasteiger partial charge in [-0.25, -0.2) is 4.98 Å². The van der Waals surface area contributed by atoms with Gasteiger partial charge in [-0.05, 0) is 12.1 Å². The van der Waals surface area contributed by atoms with E-state index >= 15 is 0 Å². The largest absolute Gasteiger partial charge is 0.469 e. The second-order valence-electron chi connectivity index (χ2n) is 5.47. The van der Waals surface area contributed by atoms with Gasteiger partial charge >= 0.3 is 5.97 Å². The number of hydrogen-bond donors (Lipinski definition) is 1. The van der Waals surface area contributed by atoms with E-state index in [1.807, 2.05) is 30.3 Å². The summed E-state index contributed by atoms with van der Waals surface area (Å²) in [5, 5.41) is 3.59. The number of esters is 1. The number of hydrogen-bond acceptors (Lipinski definition) is 5. The van der Waals surface area contributed by atoms with E-state index in [4.69, 9.17) is 0 Å². The molecule has 0 bridgehead atoms. The van der Waals surface area contributed by atoms with E-state index < -0.39 is 12.0 Å². The van der Waals surface area contributed by atoms with E-state index in [9.17, 15) is 14.4 Å². The average molecular weight is 327 g/mol. The molecule has 3 rings (SSSR count). The van der Waals surface area contributed by atoms with Crippen LogP contribution in [0.5, 0.6) is 0 Å². The Morgan fingerprint density at radius 1 is 1.29 bits per heavy atom. The third kappa shape index (κ3) is 3.05. The first-order chi connectivity index (χ1) is 11.6. The maximum Gasteiger partial charge on any atom is 0.308 e. The number of benzene rings is 1. The molecule has 1 aromatic heterocycles. The molecule has 2 heterocycles. The Hall–Kier alpha value is -2.96. The number of ether oxygens (including phenoxy) is 1. The van der Waals surface area contributed by atoms with Crippen molar-refractivity contribution in [1.29, 1.82) is 0 Å². The maximum absolute atomic E-state index is 12.8. The Morgan fingerprint density at radius 3 is 2.88 bits per heavy atom. The van der Waals surface area contributed by atoms with E-state index in [0.29, 0.717) is 18.6 Å². The molecular formula is C17H17N3O4. The topological polar surface area (TPSA) is 88.6 Å². The van der Waals surface area contributed by atoms with Crippen LogP contribution in [-0.2, 0) is 14.3 Å². The van der Waals surface area contributed by atoms with Crippen LogP contribution < -0.4 is 5.32 Å². The summed E-state index contributed by atoms with van der Waals surface area (Å²) in [6, 6.07) is 10.0. The number of carbonyl (C=O) groups excluding carboxylic acids is 3. The Balaban J connectivity index is 1.89. The summed E-state index contributed by atoms with van der Waals surface area (Å²) in [6.45, 7) is 0.663. The molecule has 1 fully saturated rings. The smallest absolute Gasteiger partial charge is 0.308 e. The quantitative estimate of drug-likeness (QED) is 0.840.